The smallest absolute Gasteiger partial charge is 0.236 e. The molecule has 1 aromatic heterocycles. The molecule has 124 valence electrons. The molecule has 0 aliphatic carbocycles. The molecule has 0 spiro atoms. The van der Waals surface area contributed by atoms with Crippen molar-refractivity contribution in [3.63, 3.8) is 0 Å². The second-order valence-corrected chi connectivity index (χ2v) is 6.53. The molecule has 2 rings (SSSR count). The number of carbonyl (C=O) groups is 1. The van der Waals surface area contributed by atoms with E-state index in [1.165, 1.54) is 23.9 Å². The number of aromatic nitrogens is 2. The van der Waals surface area contributed by atoms with Crippen molar-refractivity contribution in [2.75, 3.05) is 12.3 Å². The van der Waals surface area contributed by atoms with Gasteiger partial charge in [0, 0.05) is 12.1 Å². The van der Waals surface area contributed by atoms with Gasteiger partial charge in [-0.3, -0.25) is 4.79 Å². The number of nitrogens with zero attached hydrogens (tertiary/aromatic N) is 2. The molecule has 0 fully saturated rings. The van der Waals surface area contributed by atoms with E-state index in [9.17, 15) is 9.18 Å². The first-order chi connectivity index (χ1) is 11.0. The third kappa shape index (κ3) is 6.02. The Hall–Kier alpha value is -1.89. The lowest BCUT2D eigenvalue weighted by molar-refractivity contribution is -0.118. The molecule has 1 N–H and O–H groups in total. The van der Waals surface area contributed by atoms with Crippen LogP contribution in [0, 0.1) is 11.7 Å². The lowest BCUT2D eigenvalue weighted by Gasteiger charge is -2.06. The Labute approximate surface area is 139 Å². The van der Waals surface area contributed by atoms with E-state index in [0.29, 0.717) is 41.2 Å². The Bertz CT molecular complexity index is 629. The van der Waals surface area contributed by atoms with E-state index < -0.39 is 0 Å². The maximum Gasteiger partial charge on any atom is 0.236 e. The quantitative estimate of drug-likeness (QED) is 0.801. The monoisotopic (exact) mass is 337 g/mol. The summed E-state index contributed by atoms with van der Waals surface area (Å²) >= 11 is 1.42. The molecule has 0 aliphatic heterocycles. The number of halogens is 1. The van der Waals surface area contributed by atoms with Crippen LogP contribution in [0.15, 0.2) is 28.8 Å². The van der Waals surface area contributed by atoms with Crippen molar-refractivity contribution in [2.45, 2.75) is 26.0 Å². The van der Waals surface area contributed by atoms with Gasteiger partial charge < -0.3 is 9.84 Å². The Morgan fingerprint density at radius 1 is 1.35 bits per heavy atom. The summed E-state index contributed by atoms with van der Waals surface area (Å²) in [5, 5.41) is 6.74. The molecule has 1 heterocycles. The fourth-order valence-electron chi connectivity index (χ4n) is 1.81. The zero-order valence-corrected chi connectivity index (χ0v) is 14.0. The summed E-state index contributed by atoms with van der Waals surface area (Å²) in [6.45, 7) is 4.94. The number of carbonyl (C=O) groups excluding carboxylic acids is 1. The highest BCUT2D eigenvalue weighted by molar-refractivity contribution is 7.99. The highest BCUT2D eigenvalue weighted by atomic mass is 32.2. The average Bonchev–Trinajstić information content (AvgIpc) is 2.96. The molecule has 0 aliphatic rings. The van der Waals surface area contributed by atoms with Gasteiger partial charge in [-0.05, 0) is 36.6 Å². The summed E-state index contributed by atoms with van der Waals surface area (Å²) in [4.78, 5) is 15.9. The van der Waals surface area contributed by atoms with Gasteiger partial charge in [-0.2, -0.15) is 4.98 Å². The van der Waals surface area contributed by atoms with Crippen molar-refractivity contribution in [3.05, 3.63) is 36.0 Å². The molecular formula is C16H20FN3O2S. The third-order valence-corrected chi connectivity index (χ3v) is 3.99. The van der Waals surface area contributed by atoms with E-state index in [-0.39, 0.29) is 11.7 Å². The van der Waals surface area contributed by atoms with Crippen molar-refractivity contribution in [1.82, 2.24) is 15.5 Å². The molecule has 0 bridgehead atoms. The minimum absolute atomic E-state index is 0.00826. The first-order valence-corrected chi connectivity index (χ1v) is 8.63. The number of benzene rings is 1. The van der Waals surface area contributed by atoms with Crippen LogP contribution in [0.2, 0.25) is 0 Å². The van der Waals surface area contributed by atoms with Gasteiger partial charge in [-0.25, -0.2) is 4.39 Å². The minimum Gasteiger partial charge on any atom is -0.355 e. The summed E-state index contributed by atoms with van der Waals surface area (Å²) in [6.07, 6.45) is 0.973. The van der Waals surface area contributed by atoms with Crippen LogP contribution in [-0.2, 0) is 10.5 Å². The average molecular weight is 337 g/mol. The molecule has 23 heavy (non-hydrogen) atoms. The Balaban J connectivity index is 1.74. The van der Waals surface area contributed by atoms with Gasteiger partial charge in [0.25, 0.3) is 0 Å². The fourth-order valence-corrected chi connectivity index (χ4v) is 2.49. The first kappa shape index (κ1) is 17.5. The van der Waals surface area contributed by atoms with E-state index in [1.54, 1.807) is 12.1 Å². The van der Waals surface area contributed by atoms with Crippen LogP contribution in [0.1, 0.15) is 26.2 Å². The van der Waals surface area contributed by atoms with Gasteiger partial charge in [0.15, 0.2) is 0 Å². The fraction of sp³-hybridized carbons (Fsp3) is 0.438. The Morgan fingerprint density at radius 3 is 2.78 bits per heavy atom. The highest BCUT2D eigenvalue weighted by Crippen LogP contribution is 2.18. The second-order valence-electron chi connectivity index (χ2n) is 5.54. The summed E-state index contributed by atoms with van der Waals surface area (Å²) in [7, 11) is 0. The van der Waals surface area contributed by atoms with Crippen molar-refractivity contribution in [1.29, 1.82) is 0 Å². The third-order valence-electron chi connectivity index (χ3n) is 3.07. The van der Waals surface area contributed by atoms with Crippen LogP contribution in [0.5, 0.6) is 0 Å². The van der Waals surface area contributed by atoms with Gasteiger partial charge in [0.05, 0.1) is 11.5 Å². The van der Waals surface area contributed by atoms with Gasteiger partial charge in [-0.15, -0.1) is 11.8 Å². The summed E-state index contributed by atoms with van der Waals surface area (Å²) in [5.41, 5.74) is 0.692. The molecule has 0 unspecified atom stereocenters. The highest BCUT2D eigenvalue weighted by Gasteiger charge is 2.10. The van der Waals surface area contributed by atoms with Crippen LogP contribution in [0.4, 0.5) is 4.39 Å². The standard InChI is InChI=1S/C16H20FN3O2S/c1-11(2)7-8-18-14(21)9-23-10-15-19-16(20-22-15)12-3-5-13(17)6-4-12/h3-6,11H,7-10H2,1-2H3,(H,18,21). The molecular weight excluding hydrogens is 317 g/mol. The molecule has 7 heteroatoms. The molecule has 0 saturated heterocycles. The second kappa shape index (κ2) is 8.67. The molecule has 1 amide bonds. The predicted octanol–water partition coefficient (Wildman–Crippen LogP) is 3.27. The van der Waals surface area contributed by atoms with Crippen molar-refractivity contribution in [2.24, 2.45) is 5.92 Å². The van der Waals surface area contributed by atoms with E-state index in [2.05, 4.69) is 29.3 Å². The lowest BCUT2D eigenvalue weighted by atomic mass is 10.1. The van der Waals surface area contributed by atoms with Crippen LogP contribution in [-0.4, -0.2) is 28.3 Å². The van der Waals surface area contributed by atoms with Crippen molar-refractivity contribution >= 4 is 17.7 Å². The topological polar surface area (TPSA) is 68.0 Å². The summed E-state index contributed by atoms with van der Waals surface area (Å²) in [6, 6.07) is 5.89. The molecule has 1 aromatic carbocycles. The van der Waals surface area contributed by atoms with E-state index in [1.807, 2.05) is 0 Å². The van der Waals surface area contributed by atoms with E-state index in [0.717, 1.165) is 6.42 Å². The van der Waals surface area contributed by atoms with Crippen LogP contribution in [0.3, 0.4) is 0 Å². The molecule has 0 saturated carbocycles. The number of nitrogens with one attached hydrogen (secondary N) is 1. The minimum atomic E-state index is -0.309. The summed E-state index contributed by atoms with van der Waals surface area (Å²) < 4.78 is 18.0. The number of rotatable bonds is 8. The number of thioether (sulfide) groups is 1. The van der Waals surface area contributed by atoms with Crippen LogP contribution in [0.25, 0.3) is 11.4 Å². The normalized spacial score (nSPS) is 11.0. The maximum absolute atomic E-state index is 12.9. The predicted molar refractivity (Wildman–Crippen MR) is 88.3 cm³/mol. The Morgan fingerprint density at radius 2 is 2.09 bits per heavy atom. The summed E-state index contributed by atoms with van der Waals surface area (Å²) in [5.74, 6) is 1.96. The van der Waals surface area contributed by atoms with Gasteiger partial charge >= 0.3 is 0 Å². The molecule has 0 atom stereocenters. The zero-order valence-electron chi connectivity index (χ0n) is 13.2. The van der Waals surface area contributed by atoms with Gasteiger partial charge in [-0.1, -0.05) is 19.0 Å². The van der Waals surface area contributed by atoms with Crippen LogP contribution >= 0.6 is 11.8 Å². The van der Waals surface area contributed by atoms with E-state index in [4.69, 9.17) is 4.52 Å². The van der Waals surface area contributed by atoms with Crippen molar-refractivity contribution in [3.8, 4) is 11.4 Å². The SMILES string of the molecule is CC(C)CCNC(=O)CSCc1nc(-c2ccc(F)cc2)no1. The first-order valence-electron chi connectivity index (χ1n) is 7.47. The molecule has 0 radical (unpaired) electrons. The van der Waals surface area contributed by atoms with E-state index >= 15 is 0 Å². The maximum atomic E-state index is 12.9. The number of amides is 1. The number of hydrogen-bond acceptors (Lipinski definition) is 5. The van der Waals surface area contributed by atoms with Crippen LogP contribution < -0.4 is 5.32 Å². The number of hydrogen-bond donors (Lipinski definition) is 1. The van der Waals surface area contributed by atoms with Gasteiger partial charge in [0.2, 0.25) is 17.6 Å². The molecule has 5 nitrogen and oxygen atoms in total. The van der Waals surface area contributed by atoms with Crippen molar-refractivity contribution < 1.29 is 13.7 Å². The Kier molecular flexibility index (Phi) is 6.58. The largest absolute Gasteiger partial charge is 0.355 e. The van der Waals surface area contributed by atoms with Gasteiger partial charge in [0.1, 0.15) is 5.82 Å². The molecule has 2 aromatic rings. The lowest BCUT2D eigenvalue weighted by Crippen LogP contribution is -2.26. The zero-order chi connectivity index (χ0) is 16.7.